The van der Waals surface area contributed by atoms with E-state index in [0.717, 1.165) is 22.4 Å². The summed E-state index contributed by atoms with van der Waals surface area (Å²) in [4.78, 5) is 14.7. The molecule has 1 atom stereocenters. The molecule has 126 valence electrons. The fourth-order valence-electron chi connectivity index (χ4n) is 3.52. The van der Waals surface area contributed by atoms with E-state index in [4.69, 9.17) is 4.74 Å². The summed E-state index contributed by atoms with van der Waals surface area (Å²) in [5, 5.41) is 0. The van der Waals surface area contributed by atoms with Gasteiger partial charge in [0.2, 0.25) is 0 Å². The van der Waals surface area contributed by atoms with Gasteiger partial charge in [-0.15, -0.1) is 0 Å². The number of hydrogen-bond acceptors (Lipinski definition) is 3. The van der Waals surface area contributed by atoms with E-state index in [1.165, 1.54) is 0 Å². The Bertz CT molecular complexity index is 944. The van der Waals surface area contributed by atoms with Crippen LogP contribution >= 0.6 is 0 Å². The van der Waals surface area contributed by atoms with Crippen molar-refractivity contribution in [3.05, 3.63) is 89.2 Å². The molecule has 0 saturated carbocycles. The van der Waals surface area contributed by atoms with Crippen LogP contribution in [0.2, 0.25) is 0 Å². The van der Waals surface area contributed by atoms with Gasteiger partial charge in [-0.05, 0) is 18.2 Å². The number of ether oxygens (including phenoxy) is 1. The lowest BCUT2D eigenvalue weighted by atomic mass is 9.81. The summed E-state index contributed by atoms with van der Waals surface area (Å²) >= 11 is 0. The molecule has 1 aromatic heterocycles. The number of rotatable bonds is 3. The molecular weight excluding hydrogens is 312 g/mol. The molecule has 0 spiro atoms. The molecule has 4 rings (SSSR count). The maximum atomic E-state index is 12.8. The quantitative estimate of drug-likeness (QED) is 0.688. The van der Waals surface area contributed by atoms with Crippen molar-refractivity contribution in [1.29, 1.82) is 0 Å². The summed E-state index contributed by atoms with van der Waals surface area (Å²) in [5.41, 5.74) is 3.49. The van der Waals surface area contributed by atoms with E-state index in [-0.39, 0.29) is 5.97 Å². The van der Waals surface area contributed by atoms with Crippen molar-refractivity contribution in [1.82, 2.24) is 4.57 Å². The first-order chi connectivity index (χ1) is 12.0. The zero-order chi connectivity index (χ0) is 17.6. The molecule has 3 aromatic rings. The number of nitrogens with zero attached hydrogens (tertiary/aromatic N) is 2. The van der Waals surface area contributed by atoms with Crippen LogP contribution in [0.15, 0.2) is 67.0 Å². The van der Waals surface area contributed by atoms with Crippen LogP contribution in [-0.4, -0.2) is 24.6 Å². The van der Waals surface area contributed by atoms with Crippen molar-refractivity contribution in [2.45, 2.75) is 5.60 Å². The minimum absolute atomic E-state index is 0.286. The minimum atomic E-state index is -0.903. The zero-order valence-corrected chi connectivity index (χ0v) is 14.6. The summed E-state index contributed by atoms with van der Waals surface area (Å²) in [6.45, 7) is 0. The van der Waals surface area contributed by atoms with Gasteiger partial charge in [-0.25, -0.2) is 4.79 Å². The highest BCUT2D eigenvalue weighted by Gasteiger charge is 2.49. The van der Waals surface area contributed by atoms with Crippen LogP contribution in [-0.2, 0) is 17.4 Å². The molecule has 0 saturated heterocycles. The van der Waals surface area contributed by atoms with Crippen LogP contribution in [0.1, 0.15) is 27.0 Å². The predicted octanol–water partition coefficient (Wildman–Crippen LogP) is 3.55. The maximum absolute atomic E-state index is 12.8. The summed E-state index contributed by atoms with van der Waals surface area (Å²) in [6.07, 6.45) is 3.98. The van der Waals surface area contributed by atoms with Gasteiger partial charge in [0.25, 0.3) is 0 Å². The van der Waals surface area contributed by atoms with Gasteiger partial charge < -0.3 is 14.2 Å². The van der Waals surface area contributed by atoms with Crippen molar-refractivity contribution >= 4 is 11.7 Å². The van der Waals surface area contributed by atoms with E-state index in [2.05, 4.69) is 0 Å². The third-order valence-electron chi connectivity index (χ3n) is 4.78. The summed E-state index contributed by atoms with van der Waals surface area (Å²) in [5.74, 6) is -0.286. The van der Waals surface area contributed by atoms with Gasteiger partial charge in [-0.2, -0.15) is 0 Å². The Labute approximate surface area is 147 Å². The number of fused-ring (bicyclic) bond motifs is 1. The fraction of sp³-hybridized carbons (Fsp3) is 0.190. The number of cyclic esters (lactones) is 1. The van der Waals surface area contributed by atoms with Gasteiger partial charge in [-0.1, -0.05) is 36.4 Å². The van der Waals surface area contributed by atoms with Gasteiger partial charge in [0.05, 0.1) is 5.56 Å². The van der Waals surface area contributed by atoms with E-state index < -0.39 is 5.60 Å². The van der Waals surface area contributed by atoms with Gasteiger partial charge in [0, 0.05) is 55.9 Å². The summed E-state index contributed by atoms with van der Waals surface area (Å²) < 4.78 is 8.04. The number of carbonyl (C=O) groups is 1. The average Bonchev–Trinajstić information content (AvgIpc) is 3.18. The molecule has 0 fully saturated rings. The lowest BCUT2D eigenvalue weighted by molar-refractivity contribution is 0.0251. The van der Waals surface area contributed by atoms with Crippen LogP contribution < -0.4 is 4.90 Å². The van der Waals surface area contributed by atoms with Crippen molar-refractivity contribution in [2.75, 3.05) is 19.0 Å². The summed E-state index contributed by atoms with van der Waals surface area (Å²) in [7, 11) is 5.89. The van der Waals surface area contributed by atoms with Gasteiger partial charge in [0.15, 0.2) is 5.60 Å². The van der Waals surface area contributed by atoms with Crippen molar-refractivity contribution < 1.29 is 9.53 Å². The first-order valence-corrected chi connectivity index (χ1v) is 8.25. The SMILES string of the molecule is CN(C)c1ccc2c(c1)C(=O)OC2(c1ccccc1)c1ccn(C)c1. The molecule has 1 unspecified atom stereocenters. The predicted molar refractivity (Wildman–Crippen MR) is 97.9 cm³/mol. The molecule has 0 bridgehead atoms. The number of benzene rings is 2. The smallest absolute Gasteiger partial charge is 0.340 e. The van der Waals surface area contributed by atoms with Crippen molar-refractivity contribution in [2.24, 2.45) is 7.05 Å². The highest BCUT2D eigenvalue weighted by Crippen LogP contribution is 2.47. The molecule has 4 heteroatoms. The lowest BCUT2D eigenvalue weighted by Crippen LogP contribution is -2.29. The van der Waals surface area contributed by atoms with E-state index in [1.807, 2.05) is 97.6 Å². The molecule has 0 amide bonds. The third kappa shape index (κ3) is 2.25. The van der Waals surface area contributed by atoms with Crippen molar-refractivity contribution in [3.8, 4) is 0 Å². The number of aromatic nitrogens is 1. The first-order valence-electron chi connectivity index (χ1n) is 8.25. The van der Waals surface area contributed by atoms with E-state index >= 15 is 0 Å². The molecule has 1 aliphatic heterocycles. The molecule has 0 radical (unpaired) electrons. The molecule has 4 nitrogen and oxygen atoms in total. The second-order valence-electron chi connectivity index (χ2n) is 6.63. The minimum Gasteiger partial charge on any atom is -0.441 e. The largest absolute Gasteiger partial charge is 0.441 e. The van der Waals surface area contributed by atoms with E-state index in [1.54, 1.807) is 0 Å². The zero-order valence-electron chi connectivity index (χ0n) is 14.6. The number of esters is 1. The molecule has 25 heavy (non-hydrogen) atoms. The standard InChI is InChI=1S/C21H20N2O2/c1-22(2)17-9-10-19-18(13-17)20(24)25-21(19,15-7-5-4-6-8-15)16-11-12-23(3)14-16/h4-14H,1-3H3. The van der Waals surface area contributed by atoms with E-state index in [9.17, 15) is 4.79 Å². The molecule has 0 N–H and O–H groups in total. The normalized spacial score (nSPS) is 18.8. The Hall–Kier alpha value is -3.01. The highest BCUT2D eigenvalue weighted by molar-refractivity contribution is 5.97. The monoisotopic (exact) mass is 332 g/mol. The van der Waals surface area contributed by atoms with Crippen LogP contribution in [0.25, 0.3) is 0 Å². The highest BCUT2D eigenvalue weighted by atomic mass is 16.6. The molecule has 2 heterocycles. The number of aryl methyl sites for hydroxylation is 1. The Morgan fingerprint density at radius 2 is 1.76 bits per heavy atom. The average molecular weight is 332 g/mol. The van der Waals surface area contributed by atoms with Gasteiger partial charge in [-0.3, -0.25) is 0 Å². The molecule has 0 aliphatic carbocycles. The van der Waals surface area contributed by atoms with Crippen LogP contribution in [0.3, 0.4) is 0 Å². The fourth-order valence-corrected chi connectivity index (χ4v) is 3.52. The topological polar surface area (TPSA) is 34.5 Å². The van der Waals surface area contributed by atoms with Gasteiger partial charge >= 0.3 is 5.97 Å². The van der Waals surface area contributed by atoms with Crippen LogP contribution in [0.5, 0.6) is 0 Å². The summed E-state index contributed by atoms with van der Waals surface area (Å²) in [6, 6.07) is 17.9. The van der Waals surface area contributed by atoms with Crippen molar-refractivity contribution in [3.63, 3.8) is 0 Å². The second kappa shape index (κ2) is 5.52. The Morgan fingerprint density at radius 1 is 1.00 bits per heavy atom. The Balaban J connectivity index is 2.01. The van der Waals surface area contributed by atoms with Crippen LogP contribution in [0.4, 0.5) is 5.69 Å². The molecule has 1 aliphatic rings. The van der Waals surface area contributed by atoms with Gasteiger partial charge in [0.1, 0.15) is 0 Å². The number of carbonyl (C=O) groups excluding carboxylic acids is 1. The first kappa shape index (κ1) is 15.5. The Kier molecular flexibility index (Phi) is 3.42. The molecule has 2 aromatic carbocycles. The maximum Gasteiger partial charge on any atom is 0.340 e. The van der Waals surface area contributed by atoms with Crippen LogP contribution in [0, 0.1) is 0 Å². The molecular formula is C21H20N2O2. The third-order valence-corrected chi connectivity index (χ3v) is 4.78. The lowest BCUT2D eigenvalue weighted by Gasteiger charge is -2.29. The Morgan fingerprint density at radius 3 is 2.40 bits per heavy atom. The number of hydrogen-bond donors (Lipinski definition) is 0. The second-order valence-corrected chi connectivity index (χ2v) is 6.63. The number of anilines is 1. The van der Waals surface area contributed by atoms with E-state index in [0.29, 0.717) is 5.56 Å².